The number of halogens is 3. The first-order chi connectivity index (χ1) is 10.5. The highest BCUT2D eigenvalue weighted by molar-refractivity contribution is 7.80. The quantitative estimate of drug-likeness (QED) is 0.782. The van der Waals surface area contributed by atoms with Crippen molar-refractivity contribution >= 4 is 40.5 Å². The maximum Gasteiger partial charge on any atom is 0.166 e. The Bertz CT molecular complexity index is 692. The molecule has 0 saturated carbocycles. The first-order valence-corrected chi connectivity index (χ1v) is 7.83. The van der Waals surface area contributed by atoms with Crippen LogP contribution in [-0.4, -0.2) is 5.11 Å². The van der Waals surface area contributed by atoms with Crippen LogP contribution in [0.3, 0.4) is 0 Å². The molecule has 0 unspecified atom stereocenters. The SMILES string of the molecule is Cc1ccc(F)cc1CNC(=S)NCc1ccc(Cl)c(Cl)c1. The largest absolute Gasteiger partial charge is 0.359 e. The fourth-order valence-electron chi connectivity index (χ4n) is 1.90. The summed E-state index contributed by atoms with van der Waals surface area (Å²) in [6.45, 7) is 2.93. The number of hydrogen-bond acceptors (Lipinski definition) is 1. The molecule has 0 bridgehead atoms. The van der Waals surface area contributed by atoms with Crippen LogP contribution in [-0.2, 0) is 13.1 Å². The number of aryl methyl sites for hydroxylation is 1. The van der Waals surface area contributed by atoms with E-state index < -0.39 is 0 Å². The molecule has 0 radical (unpaired) electrons. The molecule has 0 atom stereocenters. The van der Waals surface area contributed by atoms with Crippen molar-refractivity contribution in [3.8, 4) is 0 Å². The topological polar surface area (TPSA) is 24.1 Å². The van der Waals surface area contributed by atoms with E-state index in [4.69, 9.17) is 35.4 Å². The minimum atomic E-state index is -0.253. The summed E-state index contributed by atoms with van der Waals surface area (Å²) in [5, 5.41) is 7.66. The maximum atomic E-state index is 13.2. The third-order valence-corrected chi connectivity index (χ3v) is 4.22. The molecule has 2 N–H and O–H groups in total. The average Bonchev–Trinajstić information content (AvgIpc) is 2.49. The van der Waals surface area contributed by atoms with Crippen molar-refractivity contribution in [2.75, 3.05) is 0 Å². The highest BCUT2D eigenvalue weighted by Gasteiger charge is 2.03. The highest BCUT2D eigenvalue weighted by Crippen LogP contribution is 2.22. The van der Waals surface area contributed by atoms with Crippen LogP contribution in [0.15, 0.2) is 36.4 Å². The minimum Gasteiger partial charge on any atom is -0.359 e. The van der Waals surface area contributed by atoms with Gasteiger partial charge in [0.25, 0.3) is 0 Å². The average molecular weight is 357 g/mol. The molecule has 0 aliphatic rings. The van der Waals surface area contributed by atoms with Crippen LogP contribution < -0.4 is 10.6 Å². The van der Waals surface area contributed by atoms with Crippen LogP contribution in [0.5, 0.6) is 0 Å². The fraction of sp³-hybridized carbons (Fsp3) is 0.188. The zero-order chi connectivity index (χ0) is 16.1. The van der Waals surface area contributed by atoms with Crippen molar-refractivity contribution in [2.24, 2.45) is 0 Å². The van der Waals surface area contributed by atoms with Crippen LogP contribution in [0, 0.1) is 12.7 Å². The van der Waals surface area contributed by atoms with Gasteiger partial charge in [-0.15, -0.1) is 0 Å². The van der Waals surface area contributed by atoms with Crippen molar-refractivity contribution in [3.05, 3.63) is 69.0 Å². The molecule has 2 aromatic carbocycles. The second-order valence-corrected chi connectivity index (χ2v) is 6.08. The van der Waals surface area contributed by atoms with Crippen molar-refractivity contribution in [3.63, 3.8) is 0 Å². The molecular formula is C16H15Cl2FN2S. The molecule has 2 rings (SSSR count). The lowest BCUT2D eigenvalue weighted by Gasteiger charge is -2.12. The number of nitrogens with one attached hydrogen (secondary N) is 2. The van der Waals surface area contributed by atoms with E-state index in [2.05, 4.69) is 10.6 Å². The molecule has 2 aromatic rings. The van der Waals surface area contributed by atoms with Crippen LogP contribution >= 0.6 is 35.4 Å². The van der Waals surface area contributed by atoms with Gasteiger partial charge in [0.05, 0.1) is 10.0 Å². The van der Waals surface area contributed by atoms with Gasteiger partial charge in [0.15, 0.2) is 5.11 Å². The van der Waals surface area contributed by atoms with Crippen molar-refractivity contribution in [1.82, 2.24) is 10.6 Å². The molecule has 0 aromatic heterocycles. The van der Waals surface area contributed by atoms with E-state index in [0.717, 1.165) is 16.7 Å². The van der Waals surface area contributed by atoms with Gasteiger partial charge in [0.1, 0.15) is 5.82 Å². The Kier molecular flexibility index (Phi) is 6.00. The first-order valence-electron chi connectivity index (χ1n) is 6.66. The zero-order valence-corrected chi connectivity index (χ0v) is 14.2. The molecule has 0 spiro atoms. The fourth-order valence-corrected chi connectivity index (χ4v) is 2.37. The number of benzene rings is 2. The summed E-state index contributed by atoms with van der Waals surface area (Å²) in [6, 6.07) is 10.1. The van der Waals surface area contributed by atoms with Crippen molar-refractivity contribution < 1.29 is 4.39 Å². The van der Waals surface area contributed by atoms with Crippen molar-refractivity contribution in [1.29, 1.82) is 0 Å². The highest BCUT2D eigenvalue weighted by atomic mass is 35.5. The van der Waals surface area contributed by atoms with E-state index in [9.17, 15) is 4.39 Å². The van der Waals surface area contributed by atoms with Gasteiger partial charge in [-0.3, -0.25) is 0 Å². The zero-order valence-electron chi connectivity index (χ0n) is 11.9. The van der Waals surface area contributed by atoms with Crippen LogP contribution in [0.4, 0.5) is 4.39 Å². The molecule has 0 heterocycles. The van der Waals surface area contributed by atoms with Crippen molar-refractivity contribution in [2.45, 2.75) is 20.0 Å². The molecular weight excluding hydrogens is 342 g/mol. The summed E-state index contributed by atoms with van der Waals surface area (Å²) in [6.07, 6.45) is 0. The Morgan fingerprint density at radius 3 is 2.50 bits per heavy atom. The van der Waals surface area contributed by atoms with Gasteiger partial charge in [0.2, 0.25) is 0 Å². The van der Waals surface area contributed by atoms with E-state index in [1.54, 1.807) is 18.2 Å². The van der Waals surface area contributed by atoms with E-state index in [1.165, 1.54) is 12.1 Å². The Hall–Kier alpha value is -1.36. The van der Waals surface area contributed by atoms with Crippen LogP contribution in [0.2, 0.25) is 10.0 Å². The standard InChI is InChI=1S/C16H15Cl2FN2S/c1-10-2-4-13(19)7-12(10)9-21-16(22)20-8-11-3-5-14(17)15(18)6-11/h2-7H,8-9H2,1H3,(H2,20,21,22). The molecule has 2 nitrogen and oxygen atoms in total. The summed E-state index contributed by atoms with van der Waals surface area (Å²) in [5.74, 6) is -0.253. The predicted octanol–water partition coefficient (Wildman–Crippen LogP) is 4.61. The lowest BCUT2D eigenvalue weighted by Crippen LogP contribution is -2.34. The van der Waals surface area contributed by atoms with Crippen LogP contribution in [0.1, 0.15) is 16.7 Å². The van der Waals surface area contributed by atoms with E-state index in [1.807, 2.05) is 13.0 Å². The van der Waals surface area contributed by atoms with E-state index >= 15 is 0 Å². The van der Waals surface area contributed by atoms with Gasteiger partial charge in [-0.2, -0.15) is 0 Å². The molecule has 0 saturated heterocycles. The molecule has 0 fully saturated rings. The summed E-state index contributed by atoms with van der Waals surface area (Å²) in [5.41, 5.74) is 2.86. The number of rotatable bonds is 4. The van der Waals surface area contributed by atoms with Gasteiger partial charge in [-0.25, -0.2) is 4.39 Å². The Labute approximate surface area is 144 Å². The summed E-state index contributed by atoms with van der Waals surface area (Å²) in [4.78, 5) is 0. The number of thiocarbonyl (C=S) groups is 1. The Morgan fingerprint density at radius 2 is 1.77 bits per heavy atom. The lowest BCUT2D eigenvalue weighted by atomic mass is 10.1. The third-order valence-electron chi connectivity index (χ3n) is 3.19. The summed E-state index contributed by atoms with van der Waals surface area (Å²) >= 11 is 17.0. The molecule has 0 aliphatic carbocycles. The van der Waals surface area contributed by atoms with Gasteiger partial charge >= 0.3 is 0 Å². The number of hydrogen-bond donors (Lipinski definition) is 2. The van der Waals surface area contributed by atoms with Gasteiger partial charge in [-0.1, -0.05) is 35.3 Å². The molecule has 6 heteroatoms. The van der Waals surface area contributed by atoms with Crippen LogP contribution in [0.25, 0.3) is 0 Å². The van der Waals surface area contributed by atoms with Gasteiger partial charge in [-0.05, 0) is 60.1 Å². The lowest BCUT2D eigenvalue weighted by molar-refractivity contribution is 0.624. The second-order valence-electron chi connectivity index (χ2n) is 4.86. The molecule has 0 amide bonds. The minimum absolute atomic E-state index is 0.253. The summed E-state index contributed by atoms with van der Waals surface area (Å²) < 4.78 is 13.2. The smallest absolute Gasteiger partial charge is 0.166 e. The van der Waals surface area contributed by atoms with Gasteiger partial charge < -0.3 is 10.6 Å². The maximum absolute atomic E-state index is 13.2. The van der Waals surface area contributed by atoms with E-state index in [-0.39, 0.29) is 5.82 Å². The monoisotopic (exact) mass is 356 g/mol. The third kappa shape index (κ3) is 4.83. The molecule has 116 valence electrons. The Morgan fingerprint density at radius 1 is 1.05 bits per heavy atom. The Balaban J connectivity index is 1.85. The molecule has 22 heavy (non-hydrogen) atoms. The summed E-state index contributed by atoms with van der Waals surface area (Å²) in [7, 11) is 0. The van der Waals surface area contributed by atoms with E-state index in [0.29, 0.717) is 28.2 Å². The normalized spacial score (nSPS) is 10.4. The predicted molar refractivity (Wildman–Crippen MR) is 93.9 cm³/mol. The molecule has 0 aliphatic heterocycles. The van der Waals surface area contributed by atoms with Gasteiger partial charge in [0, 0.05) is 13.1 Å². The second kappa shape index (κ2) is 7.77. The first kappa shape index (κ1) is 17.0.